The van der Waals surface area contributed by atoms with Crippen LogP contribution in [-0.2, 0) is 23.9 Å². The highest BCUT2D eigenvalue weighted by atomic mass is 79.9. The Morgan fingerprint density at radius 3 is 2.38 bits per heavy atom. The lowest BCUT2D eigenvalue weighted by Crippen LogP contribution is -2.59. The molecule has 1 aromatic rings. The number of hydrogen-bond donors (Lipinski definition) is 1. The number of alkyl halides is 1. The second-order valence-electron chi connectivity index (χ2n) is 11.7. The minimum absolute atomic E-state index is 0.0121. The maximum Gasteiger partial charge on any atom is 0.312 e. The number of carbonyl (C=O) groups excluding carboxylic acids is 3. The molecule has 2 bridgehead atoms. The molecule has 1 spiro atoms. The van der Waals surface area contributed by atoms with Crippen molar-refractivity contribution >= 4 is 45.1 Å². The number of likely N-dealkylation sites (tertiary alicyclic amines) is 1. The predicted molar refractivity (Wildman–Crippen MR) is 167 cm³/mol. The van der Waals surface area contributed by atoms with Gasteiger partial charge in [0.15, 0.2) is 0 Å². The van der Waals surface area contributed by atoms with Gasteiger partial charge in [0, 0.05) is 35.8 Å². The molecular formula is C32H44BrN3O6. The van der Waals surface area contributed by atoms with E-state index in [-0.39, 0.29) is 42.3 Å². The minimum Gasteiger partial charge on any atom is -0.461 e. The third kappa shape index (κ3) is 5.53. The first-order chi connectivity index (χ1) is 20.1. The number of halogens is 1. The van der Waals surface area contributed by atoms with Crippen molar-refractivity contribution in [2.24, 2.45) is 17.8 Å². The van der Waals surface area contributed by atoms with E-state index in [1.165, 1.54) is 11.0 Å². The zero-order valence-electron chi connectivity index (χ0n) is 25.1. The number of rotatable bonds is 14. The molecule has 0 saturated carbocycles. The van der Waals surface area contributed by atoms with Crippen molar-refractivity contribution in [1.29, 1.82) is 0 Å². The number of fused-ring (bicyclic) bond motifs is 1. The minimum atomic E-state index is -1.25. The quantitative estimate of drug-likeness (QED) is 0.186. The molecule has 3 fully saturated rings. The molecule has 3 aliphatic heterocycles. The van der Waals surface area contributed by atoms with E-state index in [4.69, 9.17) is 9.47 Å². The standard InChI is InChI=1S/C32H44BrN3O6/c1-7-15-35(22-13-11-21(12-14-22)34(9-3)10-4)30(39)28-32-18-24(33)27(42-32)25(31(40)41-16-8-2)26(32)29(38)36(28)23(19-37)17-20(5)6/h7-8,11-14,20,23-28,37H,1-2,9-10,15-19H2,3-6H3/t23-,24?,25-,26+,27-,28?,32?/m1/s1. The van der Waals surface area contributed by atoms with Gasteiger partial charge < -0.3 is 29.3 Å². The van der Waals surface area contributed by atoms with Crippen molar-refractivity contribution in [1.82, 2.24) is 4.90 Å². The molecule has 230 valence electrons. The Morgan fingerprint density at radius 2 is 1.83 bits per heavy atom. The van der Waals surface area contributed by atoms with Gasteiger partial charge in [0.05, 0.1) is 30.6 Å². The van der Waals surface area contributed by atoms with Gasteiger partial charge in [-0.05, 0) is 56.9 Å². The van der Waals surface area contributed by atoms with Crippen molar-refractivity contribution in [3.8, 4) is 0 Å². The van der Waals surface area contributed by atoms with Crippen LogP contribution in [-0.4, -0.2) is 89.3 Å². The van der Waals surface area contributed by atoms with Crippen molar-refractivity contribution in [3.05, 3.63) is 49.6 Å². The molecule has 3 unspecified atom stereocenters. The molecule has 3 aliphatic rings. The third-order valence-electron chi connectivity index (χ3n) is 8.79. The van der Waals surface area contributed by atoms with Gasteiger partial charge in [-0.25, -0.2) is 0 Å². The van der Waals surface area contributed by atoms with Crippen molar-refractivity contribution in [2.45, 2.75) is 69.2 Å². The highest BCUT2D eigenvalue weighted by Gasteiger charge is 2.77. The number of ether oxygens (including phenoxy) is 2. The van der Waals surface area contributed by atoms with E-state index in [0.29, 0.717) is 18.5 Å². The highest BCUT2D eigenvalue weighted by molar-refractivity contribution is 9.09. The monoisotopic (exact) mass is 645 g/mol. The van der Waals surface area contributed by atoms with E-state index in [0.717, 1.165) is 18.8 Å². The summed E-state index contributed by atoms with van der Waals surface area (Å²) < 4.78 is 12.0. The Morgan fingerprint density at radius 1 is 1.19 bits per heavy atom. The van der Waals surface area contributed by atoms with Gasteiger partial charge in [0.1, 0.15) is 18.2 Å². The van der Waals surface area contributed by atoms with Crippen LogP contribution in [0.15, 0.2) is 49.6 Å². The van der Waals surface area contributed by atoms with Crippen molar-refractivity contribution in [3.63, 3.8) is 0 Å². The number of esters is 1. The highest BCUT2D eigenvalue weighted by Crippen LogP contribution is 2.61. The van der Waals surface area contributed by atoms with Gasteiger partial charge in [-0.3, -0.25) is 14.4 Å². The largest absolute Gasteiger partial charge is 0.461 e. The molecule has 0 radical (unpaired) electrons. The number of carbonyl (C=O) groups is 3. The predicted octanol–water partition coefficient (Wildman–Crippen LogP) is 3.94. The zero-order chi connectivity index (χ0) is 30.8. The normalized spacial score (nSPS) is 28.5. The van der Waals surface area contributed by atoms with Crippen LogP contribution < -0.4 is 9.80 Å². The summed E-state index contributed by atoms with van der Waals surface area (Å²) in [5, 5.41) is 10.5. The first-order valence-corrected chi connectivity index (χ1v) is 15.8. The molecule has 2 amide bonds. The molecule has 9 nitrogen and oxygen atoms in total. The van der Waals surface area contributed by atoms with Gasteiger partial charge in [-0.1, -0.05) is 48.5 Å². The first kappa shape index (κ1) is 32.2. The smallest absolute Gasteiger partial charge is 0.312 e. The Balaban J connectivity index is 1.80. The maximum absolute atomic E-state index is 14.8. The molecule has 1 aromatic carbocycles. The summed E-state index contributed by atoms with van der Waals surface area (Å²) >= 11 is 3.68. The van der Waals surface area contributed by atoms with E-state index in [9.17, 15) is 19.5 Å². The topological polar surface area (TPSA) is 99.6 Å². The number of amides is 2. The SMILES string of the molecule is C=CCOC(=O)[C@H]1[C@@H]2OC3(CC2Br)C(C(=O)N(CC=C)c2ccc(N(CC)CC)cc2)N([C@@H](CO)CC(C)C)C(=O)[C@H]13. The summed E-state index contributed by atoms with van der Waals surface area (Å²) in [7, 11) is 0. The fourth-order valence-corrected chi connectivity index (χ4v) is 8.04. The van der Waals surface area contributed by atoms with E-state index in [1.54, 1.807) is 11.0 Å². The van der Waals surface area contributed by atoms with E-state index in [2.05, 4.69) is 47.8 Å². The summed E-state index contributed by atoms with van der Waals surface area (Å²) in [6.07, 6.45) is 3.37. The van der Waals surface area contributed by atoms with Crippen LogP contribution in [0.5, 0.6) is 0 Å². The van der Waals surface area contributed by atoms with Gasteiger partial charge in [-0.15, -0.1) is 6.58 Å². The van der Waals surface area contributed by atoms with Gasteiger partial charge in [0.2, 0.25) is 5.91 Å². The van der Waals surface area contributed by atoms with Crippen molar-refractivity contribution in [2.75, 3.05) is 42.6 Å². The molecule has 0 aromatic heterocycles. The maximum atomic E-state index is 14.8. The lowest BCUT2D eigenvalue weighted by atomic mass is 9.70. The fraction of sp³-hybridized carbons (Fsp3) is 0.594. The summed E-state index contributed by atoms with van der Waals surface area (Å²) in [6.45, 7) is 17.3. The summed E-state index contributed by atoms with van der Waals surface area (Å²) in [4.78, 5) is 47.6. The van der Waals surface area contributed by atoms with Crippen molar-refractivity contribution < 1.29 is 29.0 Å². The number of benzene rings is 1. The first-order valence-electron chi connectivity index (χ1n) is 14.9. The van der Waals surface area contributed by atoms with Crippen LogP contribution in [0, 0.1) is 17.8 Å². The van der Waals surface area contributed by atoms with E-state index >= 15 is 0 Å². The molecule has 0 aliphatic carbocycles. The summed E-state index contributed by atoms with van der Waals surface area (Å²) in [6, 6.07) is 6.10. The van der Waals surface area contributed by atoms with Gasteiger partial charge >= 0.3 is 5.97 Å². The van der Waals surface area contributed by atoms with Crippen LogP contribution in [0.2, 0.25) is 0 Å². The molecule has 1 N–H and O–H groups in total. The lowest BCUT2D eigenvalue weighted by molar-refractivity contribution is -0.154. The number of nitrogens with zero attached hydrogens (tertiary/aromatic N) is 3. The Kier molecular flexibility index (Phi) is 10.2. The number of aliphatic hydroxyl groups is 1. The Bertz CT molecular complexity index is 1170. The van der Waals surface area contributed by atoms with Crippen LogP contribution in [0.25, 0.3) is 0 Å². The van der Waals surface area contributed by atoms with Gasteiger partial charge in [-0.2, -0.15) is 0 Å². The summed E-state index contributed by atoms with van der Waals surface area (Å²) in [5.41, 5.74) is 0.456. The number of aliphatic hydroxyl groups excluding tert-OH is 1. The molecule has 4 rings (SSSR count). The second-order valence-corrected chi connectivity index (χ2v) is 12.9. The second kappa shape index (κ2) is 13.3. The molecule has 10 heteroatoms. The molecule has 7 atom stereocenters. The van der Waals surface area contributed by atoms with E-state index < -0.39 is 41.6 Å². The third-order valence-corrected chi connectivity index (χ3v) is 9.64. The molecule has 3 heterocycles. The number of anilines is 2. The average Bonchev–Trinajstić information content (AvgIpc) is 3.57. The van der Waals surface area contributed by atoms with Gasteiger partial charge in [0.25, 0.3) is 5.91 Å². The molecule has 3 saturated heterocycles. The molecular weight excluding hydrogens is 602 g/mol. The van der Waals surface area contributed by atoms with Crippen LogP contribution in [0.4, 0.5) is 11.4 Å². The van der Waals surface area contributed by atoms with Crippen LogP contribution in [0.1, 0.15) is 40.5 Å². The van der Waals surface area contributed by atoms with Crippen LogP contribution in [0.3, 0.4) is 0 Å². The zero-order valence-corrected chi connectivity index (χ0v) is 26.7. The number of hydrogen-bond acceptors (Lipinski definition) is 7. The van der Waals surface area contributed by atoms with Crippen LogP contribution >= 0.6 is 15.9 Å². The average molecular weight is 647 g/mol. The molecule has 42 heavy (non-hydrogen) atoms. The Labute approximate surface area is 257 Å². The lowest BCUT2D eigenvalue weighted by Gasteiger charge is -2.40. The fourth-order valence-electron chi connectivity index (χ4n) is 7.10. The van der Waals surface area contributed by atoms with E-state index in [1.807, 2.05) is 38.1 Å². The summed E-state index contributed by atoms with van der Waals surface area (Å²) in [5.74, 6) is -2.86. The Hall–Kier alpha value is -2.69.